The summed E-state index contributed by atoms with van der Waals surface area (Å²) in [6, 6.07) is 0. The van der Waals surface area contributed by atoms with Crippen LogP contribution < -0.4 is 0 Å². The van der Waals surface area contributed by atoms with Crippen molar-refractivity contribution in [1.29, 1.82) is 0 Å². The van der Waals surface area contributed by atoms with Gasteiger partial charge in [0.05, 0.1) is 12.5 Å². The van der Waals surface area contributed by atoms with Crippen LogP contribution in [0.2, 0.25) is 0 Å². The molecule has 1 N–H and O–H groups in total. The van der Waals surface area contributed by atoms with E-state index in [0.29, 0.717) is 31.3 Å². The highest BCUT2D eigenvalue weighted by atomic mass is 16.5. The molecule has 17 heavy (non-hydrogen) atoms. The van der Waals surface area contributed by atoms with E-state index in [1.165, 1.54) is 0 Å². The summed E-state index contributed by atoms with van der Waals surface area (Å²) < 4.78 is 5.19. The van der Waals surface area contributed by atoms with Gasteiger partial charge in [0.2, 0.25) is 0 Å². The minimum Gasteiger partial charge on any atom is -0.481 e. The van der Waals surface area contributed by atoms with E-state index >= 15 is 0 Å². The first-order valence-electron chi connectivity index (χ1n) is 6.23. The summed E-state index contributed by atoms with van der Waals surface area (Å²) in [6.45, 7) is 0.351. The summed E-state index contributed by atoms with van der Waals surface area (Å²) in [7, 11) is 0. The van der Waals surface area contributed by atoms with Gasteiger partial charge >= 0.3 is 11.9 Å². The van der Waals surface area contributed by atoms with Crippen LogP contribution in [0.5, 0.6) is 0 Å². The highest BCUT2D eigenvalue weighted by Crippen LogP contribution is 2.43. The number of carboxylic acids is 1. The first-order valence-corrected chi connectivity index (χ1v) is 6.23. The molecule has 4 nitrogen and oxygen atoms in total. The van der Waals surface area contributed by atoms with Gasteiger partial charge in [0.15, 0.2) is 0 Å². The van der Waals surface area contributed by atoms with Crippen molar-refractivity contribution in [2.45, 2.75) is 32.1 Å². The molecule has 1 saturated carbocycles. The maximum atomic E-state index is 11.8. The molecule has 0 spiro atoms. The van der Waals surface area contributed by atoms with E-state index in [4.69, 9.17) is 9.84 Å². The smallest absolute Gasteiger partial charge is 0.309 e. The largest absolute Gasteiger partial charge is 0.481 e. The molecule has 3 unspecified atom stereocenters. The van der Waals surface area contributed by atoms with E-state index in [0.717, 1.165) is 12.8 Å². The maximum Gasteiger partial charge on any atom is 0.309 e. The van der Waals surface area contributed by atoms with Gasteiger partial charge in [0.25, 0.3) is 0 Å². The lowest BCUT2D eigenvalue weighted by Crippen LogP contribution is -2.22. The standard InChI is InChI=1S/C13H18O4/c14-12(15)3-1-2-6-17-13(16)11-8-9-4-5-10(11)7-9/h4-5,9-11H,1-3,6-8H2,(H,14,15). The van der Waals surface area contributed by atoms with Gasteiger partial charge in [-0.15, -0.1) is 0 Å². The summed E-state index contributed by atoms with van der Waals surface area (Å²) >= 11 is 0. The predicted molar refractivity (Wildman–Crippen MR) is 61.3 cm³/mol. The maximum absolute atomic E-state index is 11.8. The number of carboxylic acid groups (broad SMARTS) is 1. The molecule has 2 bridgehead atoms. The van der Waals surface area contributed by atoms with Gasteiger partial charge in [-0.1, -0.05) is 12.2 Å². The number of hydrogen-bond acceptors (Lipinski definition) is 3. The second kappa shape index (κ2) is 5.34. The fourth-order valence-electron chi connectivity index (χ4n) is 2.71. The molecular weight excluding hydrogens is 220 g/mol. The Kier molecular flexibility index (Phi) is 3.82. The molecule has 94 valence electrons. The normalized spacial score (nSPS) is 29.5. The molecule has 0 aromatic rings. The minimum absolute atomic E-state index is 0.0458. The molecule has 0 aromatic heterocycles. The number of carbonyl (C=O) groups is 2. The van der Waals surface area contributed by atoms with E-state index in [1.54, 1.807) is 0 Å². The van der Waals surface area contributed by atoms with Gasteiger partial charge in [-0.3, -0.25) is 9.59 Å². The molecule has 2 aliphatic carbocycles. The molecule has 0 saturated heterocycles. The summed E-state index contributed by atoms with van der Waals surface area (Å²) in [6.07, 6.45) is 7.70. The Morgan fingerprint density at radius 3 is 2.65 bits per heavy atom. The number of esters is 1. The van der Waals surface area contributed by atoms with Crippen LogP contribution in [0, 0.1) is 17.8 Å². The van der Waals surface area contributed by atoms with Crippen molar-refractivity contribution >= 4 is 11.9 Å². The van der Waals surface area contributed by atoms with Crippen LogP contribution in [0.15, 0.2) is 12.2 Å². The van der Waals surface area contributed by atoms with Crippen LogP contribution >= 0.6 is 0 Å². The van der Waals surface area contributed by atoms with E-state index in [1.807, 2.05) is 0 Å². The van der Waals surface area contributed by atoms with Crippen molar-refractivity contribution in [3.63, 3.8) is 0 Å². The third kappa shape index (κ3) is 3.08. The van der Waals surface area contributed by atoms with Crippen molar-refractivity contribution in [2.24, 2.45) is 17.8 Å². The van der Waals surface area contributed by atoms with Gasteiger partial charge in [-0.2, -0.15) is 0 Å². The van der Waals surface area contributed by atoms with Crippen molar-refractivity contribution < 1.29 is 19.4 Å². The molecular formula is C13H18O4. The molecule has 2 aliphatic rings. The second-order valence-corrected chi connectivity index (χ2v) is 4.91. The highest BCUT2D eigenvalue weighted by Gasteiger charge is 2.40. The Morgan fingerprint density at radius 1 is 1.24 bits per heavy atom. The highest BCUT2D eigenvalue weighted by molar-refractivity contribution is 5.74. The number of ether oxygens (including phenoxy) is 1. The summed E-state index contributed by atoms with van der Waals surface area (Å²) in [4.78, 5) is 22.0. The lowest BCUT2D eigenvalue weighted by atomic mass is 9.94. The third-order valence-electron chi connectivity index (χ3n) is 3.61. The number of hydrogen-bond donors (Lipinski definition) is 1. The van der Waals surface area contributed by atoms with Gasteiger partial charge in [0.1, 0.15) is 0 Å². The van der Waals surface area contributed by atoms with Crippen molar-refractivity contribution in [1.82, 2.24) is 0 Å². The molecule has 3 atom stereocenters. The fraction of sp³-hybridized carbons (Fsp3) is 0.692. The first-order chi connectivity index (χ1) is 8.16. The van der Waals surface area contributed by atoms with Crippen molar-refractivity contribution in [3.05, 3.63) is 12.2 Å². The quantitative estimate of drug-likeness (QED) is 0.436. The Hall–Kier alpha value is -1.32. The second-order valence-electron chi connectivity index (χ2n) is 4.91. The molecule has 0 heterocycles. The van der Waals surface area contributed by atoms with Crippen LogP contribution in [0.4, 0.5) is 0 Å². The monoisotopic (exact) mass is 238 g/mol. The zero-order chi connectivity index (χ0) is 12.3. The third-order valence-corrected chi connectivity index (χ3v) is 3.61. The number of allylic oxidation sites excluding steroid dienone is 2. The Morgan fingerprint density at radius 2 is 2.06 bits per heavy atom. The van der Waals surface area contributed by atoms with Gasteiger partial charge in [-0.25, -0.2) is 0 Å². The van der Waals surface area contributed by atoms with Crippen molar-refractivity contribution in [2.75, 3.05) is 6.61 Å². The zero-order valence-corrected chi connectivity index (χ0v) is 9.80. The molecule has 1 fully saturated rings. The lowest BCUT2D eigenvalue weighted by Gasteiger charge is -2.16. The SMILES string of the molecule is O=C(O)CCCCOC(=O)C1CC2C=CC1C2. The van der Waals surface area contributed by atoms with Gasteiger partial charge in [-0.05, 0) is 37.5 Å². The van der Waals surface area contributed by atoms with E-state index < -0.39 is 5.97 Å². The van der Waals surface area contributed by atoms with E-state index in [9.17, 15) is 9.59 Å². The fourth-order valence-corrected chi connectivity index (χ4v) is 2.71. The molecule has 0 amide bonds. The number of rotatable bonds is 6. The summed E-state index contributed by atoms with van der Waals surface area (Å²) in [5.41, 5.74) is 0. The number of carbonyl (C=O) groups excluding carboxylic acids is 1. The average Bonchev–Trinajstić information content (AvgIpc) is 2.89. The lowest BCUT2D eigenvalue weighted by molar-refractivity contribution is -0.149. The molecule has 0 aromatic carbocycles. The van der Waals surface area contributed by atoms with Crippen LogP contribution in [0.1, 0.15) is 32.1 Å². The Bertz CT molecular complexity index is 334. The molecule has 4 heteroatoms. The van der Waals surface area contributed by atoms with Crippen LogP contribution in [-0.4, -0.2) is 23.7 Å². The molecule has 0 aliphatic heterocycles. The molecule has 0 radical (unpaired) electrons. The number of unbranched alkanes of at least 4 members (excludes halogenated alkanes) is 1. The average molecular weight is 238 g/mol. The number of aliphatic carboxylic acids is 1. The van der Waals surface area contributed by atoms with Crippen LogP contribution in [0.25, 0.3) is 0 Å². The van der Waals surface area contributed by atoms with Crippen molar-refractivity contribution in [3.8, 4) is 0 Å². The topological polar surface area (TPSA) is 63.6 Å². The van der Waals surface area contributed by atoms with Gasteiger partial charge in [0, 0.05) is 6.42 Å². The van der Waals surface area contributed by atoms with Gasteiger partial charge < -0.3 is 9.84 Å². The summed E-state index contributed by atoms with van der Waals surface area (Å²) in [5, 5.41) is 8.45. The minimum atomic E-state index is -0.797. The Labute approximate surface area is 101 Å². The van der Waals surface area contributed by atoms with E-state index in [2.05, 4.69) is 12.2 Å². The predicted octanol–water partition coefficient (Wildman–Crippen LogP) is 2.00. The van der Waals surface area contributed by atoms with Crippen LogP contribution in [0.3, 0.4) is 0 Å². The van der Waals surface area contributed by atoms with Crippen LogP contribution in [-0.2, 0) is 14.3 Å². The first kappa shape index (κ1) is 12.1. The summed E-state index contributed by atoms with van der Waals surface area (Å²) in [5.74, 6) is 0.104. The van der Waals surface area contributed by atoms with E-state index in [-0.39, 0.29) is 18.3 Å². The Balaban J connectivity index is 1.62. The zero-order valence-electron chi connectivity index (χ0n) is 9.80. The molecule has 2 rings (SSSR count). The number of fused-ring (bicyclic) bond motifs is 2.